The minimum atomic E-state index is -0.570. The number of nitrogens with zero attached hydrogens (tertiary/aromatic N) is 4. The molecule has 4 fully saturated rings. The molecule has 308 valence electrons. The van der Waals surface area contributed by atoms with E-state index in [0.717, 1.165) is 62.7 Å². The first-order valence-corrected chi connectivity index (χ1v) is 20.6. The average Bonchev–Trinajstić information content (AvgIpc) is 4.03. The molecule has 11 nitrogen and oxygen atoms in total. The number of carbonyl (C=O) groups excluding carboxylic acids is 1. The van der Waals surface area contributed by atoms with Gasteiger partial charge >= 0.3 is 6.09 Å². The van der Waals surface area contributed by atoms with Crippen molar-refractivity contribution in [2.45, 2.75) is 117 Å². The van der Waals surface area contributed by atoms with Crippen LogP contribution in [-0.2, 0) is 4.74 Å². The molecule has 0 unspecified atom stereocenters. The largest absolute Gasteiger partial charge is 0.507 e. The predicted octanol–water partition coefficient (Wildman–Crippen LogP) is 7.84. The summed E-state index contributed by atoms with van der Waals surface area (Å²) in [6, 6.07) is 5.67. The first-order chi connectivity index (χ1) is 26.8. The summed E-state index contributed by atoms with van der Waals surface area (Å²) in [5, 5.41) is 14.5. The highest BCUT2D eigenvalue weighted by Gasteiger charge is 2.35. The quantitative estimate of drug-likeness (QED) is 0.172. The molecule has 2 aromatic carbocycles. The minimum absolute atomic E-state index is 0.0907. The van der Waals surface area contributed by atoms with E-state index >= 15 is 4.39 Å². The van der Waals surface area contributed by atoms with Crippen LogP contribution in [0.15, 0.2) is 33.9 Å². The first-order valence-electron chi connectivity index (χ1n) is 20.2. The van der Waals surface area contributed by atoms with Crippen LogP contribution in [0.2, 0.25) is 5.02 Å². The average molecular weight is 809 g/mol. The summed E-state index contributed by atoms with van der Waals surface area (Å²) < 4.78 is 39.1. The van der Waals surface area contributed by atoms with E-state index in [1.165, 1.54) is 24.3 Å². The number of hydrogen-bond donors (Lipinski definition) is 3. The molecule has 2 saturated carbocycles. The third-order valence-corrected chi connectivity index (χ3v) is 12.3. The van der Waals surface area contributed by atoms with Crippen molar-refractivity contribution < 1.29 is 23.4 Å². The Morgan fingerprint density at radius 3 is 1.79 bits per heavy atom. The second kappa shape index (κ2) is 15.4. The van der Waals surface area contributed by atoms with Gasteiger partial charge in [-0.2, -0.15) is 0 Å². The number of rotatable bonds is 7. The number of fused-ring (bicyclic) bond motifs is 2. The summed E-state index contributed by atoms with van der Waals surface area (Å²) in [7, 11) is 0. The van der Waals surface area contributed by atoms with Gasteiger partial charge in [0.05, 0.1) is 27.4 Å². The second-order valence-electron chi connectivity index (χ2n) is 17.6. The summed E-state index contributed by atoms with van der Waals surface area (Å²) in [5.74, 6) is -0.394. The number of aromatic nitrogens is 2. The minimum Gasteiger partial charge on any atom is -0.507 e. The van der Waals surface area contributed by atoms with Crippen molar-refractivity contribution in [3.05, 3.63) is 72.8 Å². The summed E-state index contributed by atoms with van der Waals surface area (Å²) in [5.41, 5.74) is 9.00. The number of nitrogens with two attached hydrogens (primary N) is 1. The lowest BCUT2D eigenvalue weighted by Crippen LogP contribution is -2.42. The number of halogens is 3. The van der Waals surface area contributed by atoms with Crippen molar-refractivity contribution in [1.29, 1.82) is 0 Å². The second-order valence-corrected chi connectivity index (χ2v) is 18.0. The number of anilines is 2. The zero-order chi connectivity index (χ0) is 41.2. The van der Waals surface area contributed by atoms with Gasteiger partial charge in [-0.15, -0.1) is 0 Å². The van der Waals surface area contributed by atoms with Gasteiger partial charge in [-0.3, -0.25) is 9.59 Å². The maximum atomic E-state index is 15.3. The van der Waals surface area contributed by atoms with Gasteiger partial charge in [-0.1, -0.05) is 11.6 Å². The fourth-order valence-corrected chi connectivity index (χ4v) is 9.09. The van der Waals surface area contributed by atoms with Gasteiger partial charge in [0.2, 0.25) is 0 Å². The van der Waals surface area contributed by atoms with Crippen LogP contribution < -0.4 is 32.0 Å². The normalized spacial score (nSPS) is 20.8. The number of aromatic hydroxyl groups is 1. The number of carbonyl (C=O) groups is 1. The Kier molecular flexibility index (Phi) is 11.1. The van der Waals surface area contributed by atoms with Crippen LogP contribution in [-0.4, -0.2) is 64.2 Å². The van der Waals surface area contributed by atoms with Gasteiger partial charge in [-0.25, -0.2) is 13.6 Å². The number of amides is 1. The number of aryl methyl sites for hydroxylation is 2. The Morgan fingerprint density at radius 1 is 0.825 bits per heavy atom. The number of pyridine rings is 2. The third-order valence-electron chi connectivity index (χ3n) is 12.0. The Morgan fingerprint density at radius 2 is 1.30 bits per heavy atom. The molecular weight excluding hydrogens is 754 g/mol. The van der Waals surface area contributed by atoms with Crippen molar-refractivity contribution in [2.75, 3.05) is 36.0 Å². The van der Waals surface area contributed by atoms with E-state index in [-0.39, 0.29) is 52.8 Å². The lowest BCUT2D eigenvalue weighted by atomic mass is 10.0. The molecule has 4 heterocycles. The van der Waals surface area contributed by atoms with Crippen LogP contribution >= 0.6 is 11.6 Å². The van der Waals surface area contributed by atoms with Gasteiger partial charge in [0.1, 0.15) is 23.0 Å². The smallest absolute Gasteiger partial charge is 0.407 e. The highest BCUT2D eigenvalue weighted by Crippen LogP contribution is 2.43. The fourth-order valence-electron chi connectivity index (χ4n) is 8.85. The van der Waals surface area contributed by atoms with Crippen molar-refractivity contribution in [3.63, 3.8) is 0 Å². The topological polar surface area (TPSA) is 135 Å². The Bertz CT molecular complexity index is 2350. The number of benzene rings is 2. The van der Waals surface area contributed by atoms with E-state index < -0.39 is 17.5 Å². The summed E-state index contributed by atoms with van der Waals surface area (Å²) in [6.07, 6.45) is 5.08. The monoisotopic (exact) mass is 808 g/mol. The maximum Gasteiger partial charge on any atom is 0.407 e. The lowest BCUT2D eigenvalue weighted by Gasteiger charge is -2.26. The van der Waals surface area contributed by atoms with Crippen LogP contribution in [0.25, 0.3) is 21.8 Å². The van der Waals surface area contributed by atoms with Gasteiger partial charge in [0.15, 0.2) is 0 Å². The van der Waals surface area contributed by atoms with Crippen molar-refractivity contribution >= 4 is 50.9 Å². The molecule has 4 aromatic rings. The summed E-state index contributed by atoms with van der Waals surface area (Å²) in [4.78, 5) is 41.3. The summed E-state index contributed by atoms with van der Waals surface area (Å²) in [6.45, 7) is 15.8. The third kappa shape index (κ3) is 8.19. The Balaban J connectivity index is 0.000000179. The van der Waals surface area contributed by atoms with Crippen molar-refractivity contribution in [2.24, 2.45) is 17.6 Å². The molecule has 4 N–H and O–H groups in total. The molecular formula is C43H55ClF2N6O5. The van der Waals surface area contributed by atoms with Crippen molar-refractivity contribution in [3.8, 4) is 5.75 Å². The SMILES string of the molecule is Cc1c(N2CC[C@@H]([C@H](C)N)C2)c(F)cc2c(Cl)cc(=O)n(C3CC3)c12.Cc1c(N2CC[C@@H]([C@H](C)NC(=O)OC(C)(C)C)C2)c(F)cc2c(O)cc(=O)n(C3CC3)c12. The van der Waals surface area contributed by atoms with E-state index in [0.29, 0.717) is 57.3 Å². The van der Waals surface area contributed by atoms with E-state index in [1.54, 1.807) is 9.13 Å². The fraction of sp³-hybridized carbons (Fsp3) is 0.558. The van der Waals surface area contributed by atoms with E-state index in [9.17, 15) is 23.9 Å². The highest BCUT2D eigenvalue weighted by atomic mass is 35.5. The van der Waals surface area contributed by atoms with Crippen LogP contribution in [0.3, 0.4) is 0 Å². The summed E-state index contributed by atoms with van der Waals surface area (Å²) >= 11 is 6.27. The molecule has 1 amide bonds. The molecule has 0 bridgehead atoms. The lowest BCUT2D eigenvalue weighted by molar-refractivity contribution is 0.0494. The van der Waals surface area contributed by atoms with E-state index in [1.807, 2.05) is 53.4 Å². The van der Waals surface area contributed by atoms with Gasteiger partial charge in [0, 0.05) is 73.3 Å². The van der Waals surface area contributed by atoms with Gasteiger partial charge in [-0.05, 0) is 122 Å². The number of hydrogen-bond acceptors (Lipinski definition) is 8. The van der Waals surface area contributed by atoms with E-state index in [2.05, 4.69) is 10.2 Å². The van der Waals surface area contributed by atoms with Crippen LogP contribution in [0.5, 0.6) is 5.75 Å². The number of alkyl carbamates (subject to hydrolysis) is 1. The standard InChI is InChI=1S/C24H32FN3O4.C19H23ClFN3O/c1-13-21-17(19(29)11-20(30)28(21)16-6-7-16)10-18(25)22(13)27-9-8-15(12-27)14(2)26-23(31)32-24(3,4)5;1-10-18-14(15(20)8-17(25)24(18)13-3-4-13)7-16(21)19(10)23-6-5-12(9-23)11(2)22/h10-11,14-16,29H,6-9,12H2,1-5H3,(H,26,31);7-8,11-13H,3-6,9,22H2,1-2H3/t14-,15+;11-,12+/m00/s1. The zero-order valence-corrected chi connectivity index (χ0v) is 34.7. The molecule has 2 aromatic heterocycles. The van der Waals surface area contributed by atoms with Gasteiger partial charge in [0.25, 0.3) is 11.1 Å². The molecule has 4 atom stereocenters. The molecule has 2 saturated heterocycles. The molecule has 2 aliphatic carbocycles. The van der Waals surface area contributed by atoms with Gasteiger partial charge < -0.3 is 39.8 Å². The van der Waals surface area contributed by atoms with Crippen molar-refractivity contribution in [1.82, 2.24) is 14.5 Å². The molecule has 4 aliphatic rings. The zero-order valence-electron chi connectivity index (χ0n) is 33.9. The molecule has 8 rings (SSSR count). The van der Waals surface area contributed by atoms with Crippen LogP contribution in [0.4, 0.5) is 25.0 Å². The highest BCUT2D eigenvalue weighted by molar-refractivity contribution is 6.35. The molecule has 2 aliphatic heterocycles. The number of ether oxygens (including phenoxy) is 1. The molecule has 57 heavy (non-hydrogen) atoms. The Labute approximate surface area is 336 Å². The molecule has 14 heteroatoms. The Hall–Kier alpha value is -4.36. The first kappa shape index (κ1) is 40.8. The van der Waals surface area contributed by atoms with Crippen LogP contribution in [0.1, 0.15) is 96.4 Å². The molecule has 0 spiro atoms. The molecule has 0 radical (unpaired) electrons. The van der Waals surface area contributed by atoms with Crippen LogP contribution in [0, 0.1) is 37.3 Å². The number of nitrogens with one attached hydrogen (secondary N) is 1. The maximum absolute atomic E-state index is 15.3. The van der Waals surface area contributed by atoms with E-state index in [4.69, 9.17) is 22.1 Å². The predicted molar refractivity (Wildman–Crippen MR) is 222 cm³/mol.